The predicted molar refractivity (Wildman–Crippen MR) is 127 cm³/mol. The molecule has 0 aliphatic carbocycles. The summed E-state index contributed by atoms with van der Waals surface area (Å²) in [7, 11) is 1.59. The van der Waals surface area contributed by atoms with Gasteiger partial charge >= 0.3 is 0 Å². The maximum Gasteiger partial charge on any atom is 0.267 e. The van der Waals surface area contributed by atoms with Crippen molar-refractivity contribution in [2.45, 2.75) is 25.8 Å². The first-order chi connectivity index (χ1) is 16.6. The molecule has 0 atom stereocenters. The number of methoxy groups -OCH3 is 1. The van der Waals surface area contributed by atoms with Crippen LogP contribution >= 0.6 is 0 Å². The van der Waals surface area contributed by atoms with Gasteiger partial charge in [-0.1, -0.05) is 0 Å². The van der Waals surface area contributed by atoms with Crippen LogP contribution in [0.5, 0.6) is 11.6 Å². The zero-order valence-corrected chi connectivity index (χ0v) is 19.1. The van der Waals surface area contributed by atoms with Crippen molar-refractivity contribution in [1.29, 1.82) is 0 Å². The maximum atomic E-state index is 12.4. The molecule has 1 saturated heterocycles. The van der Waals surface area contributed by atoms with E-state index in [1.54, 1.807) is 13.2 Å². The number of rotatable bonds is 9. The second-order valence-corrected chi connectivity index (χ2v) is 7.90. The smallest absolute Gasteiger partial charge is 0.267 e. The molecule has 1 N–H and O–H groups in total. The van der Waals surface area contributed by atoms with Gasteiger partial charge in [-0.25, -0.2) is 14.6 Å². The van der Waals surface area contributed by atoms with Crippen LogP contribution in [0.25, 0.3) is 11.3 Å². The molecule has 1 amide bonds. The number of nitrogens with zero attached hydrogens (tertiary/aromatic N) is 5. The Kier molecular flexibility index (Phi) is 7.69. The van der Waals surface area contributed by atoms with Crippen molar-refractivity contribution in [2.75, 3.05) is 38.3 Å². The van der Waals surface area contributed by atoms with E-state index in [9.17, 15) is 9.59 Å². The largest absolute Gasteiger partial charge is 0.497 e. The number of carbonyl (C=O) groups is 1. The average molecular weight is 465 g/mol. The van der Waals surface area contributed by atoms with Crippen molar-refractivity contribution in [3.8, 4) is 22.9 Å². The van der Waals surface area contributed by atoms with Crippen LogP contribution in [0.4, 0.5) is 5.82 Å². The lowest BCUT2D eigenvalue weighted by molar-refractivity contribution is -0.122. The molecule has 2 aromatic heterocycles. The minimum atomic E-state index is -0.352. The quantitative estimate of drug-likeness (QED) is 0.478. The van der Waals surface area contributed by atoms with Crippen molar-refractivity contribution in [3.05, 3.63) is 59.1 Å². The molecule has 3 heterocycles. The summed E-state index contributed by atoms with van der Waals surface area (Å²) in [5.41, 5.74) is 1.05. The lowest BCUT2D eigenvalue weighted by atomic mass is 10.1. The summed E-state index contributed by atoms with van der Waals surface area (Å²) in [5, 5.41) is 7.06. The van der Waals surface area contributed by atoms with Gasteiger partial charge in [-0.05, 0) is 49.6 Å². The lowest BCUT2D eigenvalue weighted by Crippen LogP contribution is -2.35. The monoisotopic (exact) mass is 464 g/mol. The van der Waals surface area contributed by atoms with Gasteiger partial charge < -0.3 is 19.7 Å². The number of piperidine rings is 1. The Morgan fingerprint density at radius 2 is 1.85 bits per heavy atom. The van der Waals surface area contributed by atoms with Gasteiger partial charge in [-0.3, -0.25) is 9.59 Å². The molecule has 1 aliphatic rings. The summed E-state index contributed by atoms with van der Waals surface area (Å²) in [5.74, 6) is 1.72. The molecule has 1 aliphatic heterocycles. The van der Waals surface area contributed by atoms with Crippen LogP contribution in [0.1, 0.15) is 19.3 Å². The first-order valence-electron chi connectivity index (χ1n) is 11.3. The molecule has 1 fully saturated rings. The second kappa shape index (κ2) is 11.3. The third kappa shape index (κ3) is 6.09. The van der Waals surface area contributed by atoms with E-state index < -0.39 is 0 Å². The van der Waals surface area contributed by atoms with Crippen molar-refractivity contribution in [1.82, 2.24) is 25.1 Å². The number of hydrogen-bond acceptors (Lipinski definition) is 8. The Hall–Kier alpha value is -3.95. The Morgan fingerprint density at radius 1 is 1.06 bits per heavy atom. The van der Waals surface area contributed by atoms with Crippen molar-refractivity contribution in [3.63, 3.8) is 0 Å². The first-order valence-corrected chi connectivity index (χ1v) is 11.3. The highest BCUT2D eigenvalue weighted by Gasteiger charge is 2.13. The van der Waals surface area contributed by atoms with Gasteiger partial charge in [-0.15, -0.1) is 0 Å². The molecule has 178 valence electrons. The van der Waals surface area contributed by atoms with Crippen LogP contribution in [0.15, 0.2) is 53.6 Å². The van der Waals surface area contributed by atoms with E-state index in [2.05, 4.69) is 25.3 Å². The summed E-state index contributed by atoms with van der Waals surface area (Å²) in [6.07, 6.45) is 5.06. The zero-order valence-electron chi connectivity index (χ0n) is 19.1. The Bertz CT molecular complexity index is 1160. The van der Waals surface area contributed by atoms with Gasteiger partial charge in [0.25, 0.3) is 5.56 Å². The van der Waals surface area contributed by atoms with Crippen LogP contribution in [0.3, 0.4) is 0 Å². The van der Waals surface area contributed by atoms with Gasteiger partial charge in [-0.2, -0.15) is 5.10 Å². The molecule has 0 spiro atoms. The molecule has 0 unspecified atom stereocenters. The van der Waals surface area contributed by atoms with E-state index in [-0.39, 0.29) is 31.2 Å². The molecule has 1 aromatic carbocycles. The Labute approximate surface area is 197 Å². The number of hydrogen-bond donors (Lipinski definition) is 1. The molecule has 10 heteroatoms. The molecule has 0 saturated carbocycles. The van der Waals surface area contributed by atoms with Gasteiger partial charge in [0.1, 0.15) is 31.0 Å². The number of benzene rings is 1. The van der Waals surface area contributed by atoms with Crippen LogP contribution in [-0.4, -0.2) is 59.0 Å². The van der Waals surface area contributed by atoms with Crippen LogP contribution in [-0.2, 0) is 11.3 Å². The first kappa shape index (κ1) is 23.2. The van der Waals surface area contributed by atoms with Crippen molar-refractivity contribution in [2.24, 2.45) is 0 Å². The summed E-state index contributed by atoms with van der Waals surface area (Å²) in [6.45, 7) is 2.31. The summed E-state index contributed by atoms with van der Waals surface area (Å²) >= 11 is 0. The van der Waals surface area contributed by atoms with Crippen LogP contribution in [0.2, 0.25) is 0 Å². The lowest BCUT2D eigenvalue weighted by Gasteiger charge is -2.27. The summed E-state index contributed by atoms with van der Waals surface area (Å²) in [6, 6.07) is 12.2. The zero-order chi connectivity index (χ0) is 23.8. The molecule has 34 heavy (non-hydrogen) atoms. The van der Waals surface area contributed by atoms with E-state index in [1.165, 1.54) is 18.8 Å². The van der Waals surface area contributed by atoms with E-state index in [4.69, 9.17) is 9.47 Å². The molecular formula is C24H28N6O4. The fourth-order valence-corrected chi connectivity index (χ4v) is 3.72. The number of amides is 1. The van der Waals surface area contributed by atoms with Gasteiger partial charge in [0.05, 0.1) is 19.3 Å². The number of aromatic nitrogens is 4. The predicted octanol–water partition coefficient (Wildman–Crippen LogP) is 1.89. The van der Waals surface area contributed by atoms with Crippen molar-refractivity contribution >= 4 is 11.7 Å². The van der Waals surface area contributed by atoms with Gasteiger partial charge in [0, 0.05) is 30.8 Å². The normalized spacial score (nSPS) is 13.4. The highest BCUT2D eigenvalue weighted by molar-refractivity contribution is 5.75. The van der Waals surface area contributed by atoms with Crippen molar-refractivity contribution < 1.29 is 14.3 Å². The average Bonchev–Trinajstić information content (AvgIpc) is 2.89. The fraction of sp³-hybridized carbons (Fsp3) is 0.375. The van der Waals surface area contributed by atoms with E-state index in [1.807, 2.05) is 30.3 Å². The SMILES string of the molecule is COc1ccc(-c2ccc(=O)n(CC(=O)NCCOc3cc(N4CCCCC4)ncn3)n2)cc1. The van der Waals surface area contributed by atoms with E-state index in [0.717, 1.165) is 47.7 Å². The highest BCUT2D eigenvalue weighted by Crippen LogP contribution is 2.20. The number of nitrogens with one attached hydrogen (secondary N) is 1. The van der Waals surface area contributed by atoms with E-state index in [0.29, 0.717) is 11.6 Å². The standard InChI is InChI=1S/C24H28N6O4/c1-33-19-7-5-18(6-8-19)20-9-10-24(32)30(28-20)16-22(31)25-11-14-34-23-15-21(26-17-27-23)29-12-3-2-4-13-29/h5-10,15,17H,2-4,11-14,16H2,1H3,(H,25,31). The molecule has 3 aromatic rings. The molecule has 4 rings (SSSR count). The maximum absolute atomic E-state index is 12.4. The second-order valence-electron chi connectivity index (χ2n) is 7.90. The molecular weight excluding hydrogens is 436 g/mol. The van der Waals surface area contributed by atoms with Gasteiger partial charge in [0.2, 0.25) is 11.8 Å². The highest BCUT2D eigenvalue weighted by atomic mass is 16.5. The fourth-order valence-electron chi connectivity index (χ4n) is 3.72. The number of ether oxygens (including phenoxy) is 2. The molecule has 0 radical (unpaired) electrons. The molecule has 10 nitrogen and oxygen atoms in total. The summed E-state index contributed by atoms with van der Waals surface area (Å²) in [4.78, 5) is 35.2. The third-order valence-electron chi connectivity index (χ3n) is 5.53. The topological polar surface area (TPSA) is 111 Å². The molecule has 0 bridgehead atoms. The Morgan fingerprint density at radius 3 is 2.62 bits per heavy atom. The van der Waals surface area contributed by atoms with E-state index >= 15 is 0 Å². The minimum absolute atomic E-state index is 0.185. The minimum Gasteiger partial charge on any atom is -0.497 e. The Balaban J connectivity index is 1.27. The number of carbonyl (C=O) groups excluding carboxylic acids is 1. The van der Waals surface area contributed by atoms with Crippen LogP contribution in [0, 0.1) is 0 Å². The third-order valence-corrected chi connectivity index (χ3v) is 5.53. The summed E-state index contributed by atoms with van der Waals surface area (Å²) < 4.78 is 12.0. The van der Waals surface area contributed by atoms with Gasteiger partial charge in [0.15, 0.2) is 0 Å². The van der Waals surface area contributed by atoms with Crippen LogP contribution < -0.4 is 25.2 Å². The number of anilines is 1.